The summed E-state index contributed by atoms with van der Waals surface area (Å²) in [7, 11) is 0. The molecule has 0 bridgehead atoms. The van der Waals surface area contributed by atoms with Crippen molar-refractivity contribution in [1.82, 2.24) is 0 Å². The van der Waals surface area contributed by atoms with Crippen LogP contribution < -0.4 is 15.2 Å². The van der Waals surface area contributed by atoms with Crippen LogP contribution >= 0.6 is 0 Å². The number of nitrogen functional groups attached to an aromatic ring is 1. The minimum atomic E-state index is -0.301. The molecule has 1 heterocycles. The minimum Gasteiger partial charge on any atom is -0.507 e. The maximum atomic E-state index is 12.0. The fourth-order valence-corrected chi connectivity index (χ4v) is 2.04. The highest BCUT2D eigenvalue weighted by Gasteiger charge is 2.13. The van der Waals surface area contributed by atoms with Crippen LogP contribution in [0.5, 0.6) is 17.2 Å². The lowest BCUT2D eigenvalue weighted by Crippen LogP contribution is -1.96. The molecule has 0 fully saturated rings. The van der Waals surface area contributed by atoms with E-state index in [-0.39, 0.29) is 23.9 Å². The van der Waals surface area contributed by atoms with Crippen LogP contribution in [0.25, 0.3) is 6.08 Å². The van der Waals surface area contributed by atoms with Gasteiger partial charge in [-0.25, -0.2) is 0 Å². The zero-order chi connectivity index (χ0) is 14.8. The number of anilines is 1. The maximum absolute atomic E-state index is 12.0. The van der Waals surface area contributed by atoms with Gasteiger partial charge in [-0.2, -0.15) is 0 Å². The number of carbonyl (C=O) groups is 1. The number of phenolic OH excluding ortho intramolecular Hbond substituents is 1. The molecule has 1 aliphatic heterocycles. The zero-order valence-corrected chi connectivity index (χ0v) is 11.1. The molecular formula is C16H13NO4. The van der Waals surface area contributed by atoms with E-state index in [2.05, 4.69) is 0 Å². The molecule has 0 unspecified atom stereocenters. The number of ether oxygens (including phenoxy) is 2. The Balaban J connectivity index is 1.80. The normalized spacial score (nSPS) is 12.8. The third kappa shape index (κ3) is 2.67. The molecule has 5 heteroatoms. The number of hydrogen-bond donors (Lipinski definition) is 2. The third-order valence-corrected chi connectivity index (χ3v) is 3.11. The highest BCUT2D eigenvalue weighted by atomic mass is 16.7. The largest absolute Gasteiger partial charge is 0.507 e. The second-order valence-corrected chi connectivity index (χ2v) is 4.59. The molecule has 0 radical (unpaired) electrons. The molecule has 106 valence electrons. The van der Waals surface area contributed by atoms with E-state index in [4.69, 9.17) is 15.2 Å². The van der Waals surface area contributed by atoms with Gasteiger partial charge in [-0.1, -0.05) is 12.1 Å². The molecule has 21 heavy (non-hydrogen) atoms. The second kappa shape index (κ2) is 5.20. The quantitative estimate of drug-likeness (QED) is 0.514. The van der Waals surface area contributed by atoms with Crippen LogP contribution in [0.3, 0.4) is 0 Å². The molecule has 3 rings (SSSR count). The Kier molecular flexibility index (Phi) is 3.23. The number of phenols is 1. The van der Waals surface area contributed by atoms with Gasteiger partial charge in [-0.3, -0.25) is 4.79 Å². The number of rotatable bonds is 3. The number of carbonyl (C=O) groups excluding carboxylic acids is 1. The first-order valence-corrected chi connectivity index (χ1v) is 6.34. The summed E-state index contributed by atoms with van der Waals surface area (Å²) < 4.78 is 10.5. The Morgan fingerprint density at radius 3 is 2.76 bits per heavy atom. The summed E-state index contributed by atoms with van der Waals surface area (Å²) in [4.78, 5) is 12.0. The summed E-state index contributed by atoms with van der Waals surface area (Å²) in [6.07, 6.45) is 3.04. The Morgan fingerprint density at radius 2 is 1.95 bits per heavy atom. The zero-order valence-electron chi connectivity index (χ0n) is 11.1. The predicted octanol–water partition coefficient (Wildman–Crippen LogP) is 2.60. The smallest absolute Gasteiger partial charge is 0.231 e. The average Bonchev–Trinajstić information content (AvgIpc) is 2.92. The fraction of sp³-hybridized carbons (Fsp3) is 0.0625. The van der Waals surface area contributed by atoms with E-state index >= 15 is 0 Å². The van der Waals surface area contributed by atoms with E-state index in [0.29, 0.717) is 17.2 Å². The predicted molar refractivity (Wildman–Crippen MR) is 78.4 cm³/mol. The van der Waals surface area contributed by atoms with Crippen molar-refractivity contribution >= 4 is 17.5 Å². The third-order valence-electron chi connectivity index (χ3n) is 3.11. The van der Waals surface area contributed by atoms with Crippen LogP contribution in [0.2, 0.25) is 0 Å². The number of allylic oxidation sites excluding steroid dienone is 1. The molecule has 0 saturated heterocycles. The van der Waals surface area contributed by atoms with Crippen molar-refractivity contribution in [2.24, 2.45) is 0 Å². The van der Waals surface area contributed by atoms with Crippen molar-refractivity contribution in [3.05, 3.63) is 53.6 Å². The summed E-state index contributed by atoms with van der Waals surface area (Å²) in [5.41, 5.74) is 6.95. The number of ketones is 1. The standard InChI is InChI=1S/C16H13NO4/c17-11-3-4-12(14(19)8-11)13(18)5-1-10-2-6-15-16(7-10)21-9-20-15/h1-8,19H,9,17H2/b5-1+. The van der Waals surface area contributed by atoms with E-state index in [1.807, 2.05) is 6.07 Å². The van der Waals surface area contributed by atoms with Crippen molar-refractivity contribution in [3.63, 3.8) is 0 Å². The molecule has 2 aromatic carbocycles. The number of fused-ring (bicyclic) bond motifs is 1. The Morgan fingerprint density at radius 1 is 1.14 bits per heavy atom. The van der Waals surface area contributed by atoms with Crippen LogP contribution in [-0.2, 0) is 0 Å². The van der Waals surface area contributed by atoms with Crippen LogP contribution in [-0.4, -0.2) is 17.7 Å². The minimum absolute atomic E-state index is 0.129. The van der Waals surface area contributed by atoms with E-state index in [1.54, 1.807) is 24.3 Å². The molecular weight excluding hydrogens is 270 g/mol. The van der Waals surface area contributed by atoms with Gasteiger partial charge in [0.25, 0.3) is 0 Å². The van der Waals surface area contributed by atoms with Crippen LogP contribution in [0.4, 0.5) is 5.69 Å². The molecule has 0 saturated carbocycles. The highest BCUT2D eigenvalue weighted by Crippen LogP contribution is 2.32. The van der Waals surface area contributed by atoms with E-state index in [0.717, 1.165) is 5.56 Å². The molecule has 3 N–H and O–H groups in total. The number of aromatic hydroxyl groups is 1. The summed E-state index contributed by atoms with van der Waals surface area (Å²) in [6.45, 7) is 0.209. The van der Waals surface area contributed by atoms with Gasteiger partial charge in [-0.15, -0.1) is 0 Å². The highest BCUT2D eigenvalue weighted by molar-refractivity contribution is 6.08. The van der Waals surface area contributed by atoms with Gasteiger partial charge >= 0.3 is 0 Å². The SMILES string of the molecule is Nc1ccc(C(=O)/C=C/c2ccc3c(c2)OCO3)c(O)c1. The summed E-state index contributed by atoms with van der Waals surface area (Å²) in [5, 5.41) is 9.71. The first kappa shape index (κ1) is 13.1. The number of nitrogens with two attached hydrogens (primary N) is 1. The molecule has 0 atom stereocenters. The summed E-state index contributed by atoms with van der Waals surface area (Å²) >= 11 is 0. The fourth-order valence-electron chi connectivity index (χ4n) is 2.04. The van der Waals surface area contributed by atoms with E-state index in [1.165, 1.54) is 18.2 Å². The summed E-state index contributed by atoms with van der Waals surface area (Å²) in [6, 6.07) is 9.81. The van der Waals surface area contributed by atoms with E-state index < -0.39 is 0 Å². The topological polar surface area (TPSA) is 81.8 Å². The van der Waals surface area contributed by atoms with Gasteiger partial charge in [0.1, 0.15) is 5.75 Å². The molecule has 1 aliphatic rings. The number of benzene rings is 2. The van der Waals surface area contributed by atoms with Gasteiger partial charge in [0.2, 0.25) is 6.79 Å². The van der Waals surface area contributed by atoms with Crippen molar-refractivity contribution < 1.29 is 19.4 Å². The first-order chi connectivity index (χ1) is 10.1. The van der Waals surface area contributed by atoms with Gasteiger partial charge < -0.3 is 20.3 Å². The summed E-state index contributed by atoms with van der Waals surface area (Å²) in [5.74, 6) is 0.912. The monoisotopic (exact) mass is 283 g/mol. The van der Waals surface area contributed by atoms with Crippen LogP contribution in [0, 0.1) is 0 Å². The van der Waals surface area contributed by atoms with Crippen LogP contribution in [0.1, 0.15) is 15.9 Å². The van der Waals surface area contributed by atoms with Crippen molar-refractivity contribution in [2.75, 3.05) is 12.5 Å². The maximum Gasteiger partial charge on any atom is 0.231 e. The van der Waals surface area contributed by atoms with Gasteiger partial charge in [0, 0.05) is 11.8 Å². The lowest BCUT2D eigenvalue weighted by Gasteiger charge is -2.02. The molecule has 0 aromatic heterocycles. The Bertz CT molecular complexity index is 737. The van der Waals surface area contributed by atoms with Crippen molar-refractivity contribution in [3.8, 4) is 17.2 Å². The first-order valence-electron chi connectivity index (χ1n) is 6.34. The molecule has 0 amide bonds. The van der Waals surface area contributed by atoms with Crippen molar-refractivity contribution in [2.45, 2.75) is 0 Å². The van der Waals surface area contributed by atoms with Gasteiger partial charge in [0.05, 0.1) is 5.56 Å². The lowest BCUT2D eigenvalue weighted by molar-refractivity contribution is 0.104. The van der Waals surface area contributed by atoms with E-state index in [9.17, 15) is 9.90 Å². The molecule has 2 aromatic rings. The number of hydrogen-bond acceptors (Lipinski definition) is 5. The Hall–Kier alpha value is -2.95. The molecule has 0 spiro atoms. The van der Waals surface area contributed by atoms with Crippen molar-refractivity contribution in [1.29, 1.82) is 0 Å². The second-order valence-electron chi connectivity index (χ2n) is 4.59. The lowest BCUT2D eigenvalue weighted by atomic mass is 10.1. The van der Waals surface area contributed by atoms with Crippen LogP contribution in [0.15, 0.2) is 42.5 Å². The molecule has 0 aliphatic carbocycles. The average molecular weight is 283 g/mol. The van der Waals surface area contributed by atoms with Gasteiger partial charge in [0.15, 0.2) is 17.3 Å². The van der Waals surface area contributed by atoms with Gasteiger partial charge in [-0.05, 0) is 35.9 Å². The molecule has 5 nitrogen and oxygen atoms in total. The Labute approximate surface area is 121 Å².